The first-order valence-electron chi connectivity index (χ1n) is 10.2. The van der Waals surface area contributed by atoms with E-state index in [0.29, 0.717) is 34.3 Å². The van der Waals surface area contributed by atoms with Crippen LogP contribution >= 0.6 is 11.6 Å². The molecule has 1 N–H and O–H groups in total. The minimum atomic E-state index is -3.55. The standard InChI is InChI=1S/C24H25ClN2O5S/c1-3-31-21-12-8-19(9-13-21)26-24(28)17-32-22-14-10-20(11-15-22)27(33(2,29)30)16-18-6-4-5-7-23(18)25/h4-15H,3,16-17H2,1-2H3,(H,26,28). The number of nitrogens with one attached hydrogen (secondary N) is 1. The van der Waals surface area contributed by atoms with Crippen molar-refractivity contribution < 1.29 is 22.7 Å². The van der Waals surface area contributed by atoms with E-state index >= 15 is 0 Å². The summed E-state index contributed by atoms with van der Waals surface area (Å²) in [7, 11) is -3.55. The SMILES string of the molecule is CCOc1ccc(NC(=O)COc2ccc(N(Cc3ccccc3Cl)S(C)(=O)=O)cc2)cc1. The summed E-state index contributed by atoms with van der Waals surface area (Å²) in [6.07, 6.45) is 1.14. The van der Waals surface area contributed by atoms with E-state index in [1.54, 1.807) is 72.8 Å². The molecule has 0 saturated carbocycles. The summed E-state index contributed by atoms with van der Waals surface area (Å²) in [5.74, 6) is 0.844. The van der Waals surface area contributed by atoms with Gasteiger partial charge in [-0.15, -0.1) is 0 Å². The minimum absolute atomic E-state index is 0.100. The van der Waals surface area contributed by atoms with E-state index in [9.17, 15) is 13.2 Å². The average Bonchev–Trinajstić information content (AvgIpc) is 2.78. The predicted molar refractivity (Wildman–Crippen MR) is 131 cm³/mol. The normalized spacial score (nSPS) is 11.0. The lowest BCUT2D eigenvalue weighted by Gasteiger charge is -2.23. The number of carbonyl (C=O) groups excluding carboxylic acids is 1. The molecule has 7 nitrogen and oxygen atoms in total. The molecule has 1 amide bonds. The van der Waals surface area contributed by atoms with Crippen molar-refractivity contribution in [3.63, 3.8) is 0 Å². The lowest BCUT2D eigenvalue weighted by atomic mass is 10.2. The Kier molecular flexibility index (Phi) is 8.19. The molecule has 0 atom stereocenters. The zero-order chi connectivity index (χ0) is 23.8. The number of hydrogen-bond acceptors (Lipinski definition) is 5. The number of sulfonamides is 1. The van der Waals surface area contributed by atoms with E-state index in [1.165, 1.54) is 4.31 Å². The third-order valence-corrected chi connectivity index (χ3v) is 6.13. The van der Waals surface area contributed by atoms with E-state index in [0.717, 1.165) is 12.0 Å². The number of anilines is 2. The van der Waals surface area contributed by atoms with E-state index in [2.05, 4.69) is 5.32 Å². The Labute approximate surface area is 198 Å². The first-order valence-corrected chi connectivity index (χ1v) is 12.5. The Balaban J connectivity index is 1.61. The van der Waals surface area contributed by atoms with Gasteiger partial charge in [-0.1, -0.05) is 29.8 Å². The number of ether oxygens (including phenoxy) is 2. The van der Waals surface area contributed by atoms with Crippen LogP contribution in [-0.4, -0.2) is 33.8 Å². The van der Waals surface area contributed by atoms with Crippen LogP contribution in [0.2, 0.25) is 5.02 Å². The Hall–Kier alpha value is -3.23. The molecule has 0 radical (unpaired) electrons. The molecule has 174 valence electrons. The van der Waals surface area contributed by atoms with Crippen molar-refractivity contribution in [2.75, 3.05) is 29.1 Å². The van der Waals surface area contributed by atoms with E-state index < -0.39 is 10.0 Å². The van der Waals surface area contributed by atoms with Gasteiger partial charge >= 0.3 is 0 Å². The van der Waals surface area contributed by atoms with Crippen LogP contribution in [0, 0.1) is 0 Å². The highest BCUT2D eigenvalue weighted by atomic mass is 35.5. The molecule has 0 heterocycles. The van der Waals surface area contributed by atoms with Crippen LogP contribution in [0.15, 0.2) is 72.8 Å². The van der Waals surface area contributed by atoms with Crippen molar-refractivity contribution >= 4 is 38.9 Å². The molecule has 3 rings (SSSR count). The van der Waals surface area contributed by atoms with Crippen LogP contribution in [0.3, 0.4) is 0 Å². The molecule has 0 spiro atoms. The Morgan fingerprint density at radius 1 is 0.939 bits per heavy atom. The molecule has 0 aliphatic carbocycles. The molecular weight excluding hydrogens is 464 g/mol. The Bertz CT molecular complexity index is 1180. The Morgan fingerprint density at radius 3 is 2.15 bits per heavy atom. The topological polar surface area (TPSA) is 84.9 Å². The molecular formula is C24H25ClN2O5S. The lowest BCUT2D eigenvalue weighted by Crippen LogP contribution is -2.29. The van der Waals surface area contributed by atoms with Crippen LogP contribution < -0.4 is 19.1 Å². The van der Waals surface area contributed by atoms with Crippen LogP contribution in [0.1, 0.15) is 12.5 Å². The highest BCUT2D eigenvalue weighted by Crippen LogP contribution is 2.26. The summed E-state index contributed by atoms with van der Waals surface area (Å²) >= 11 is 6.20. The van der Waals surface area contributed by atoms with Gasteiger partial charge in [-0.3, -0.25) is 9.10 Å². The predicted octanol–water partition coefficient (Wildman–Crippen LogP) is 4.72. The minimum Gasteiger partial charge on any atom is -0.494 e. The molecule has 0 unspecified atom stereocenters. The molecule has 0 bridgehead atoms. The van der Waals surface area contributed by atoms with Crippen LogP contribution in [-0.2, 0) is 21.4 Å². The molecule has 0 aliphatic rings. The second-order valence-corrected chi connectivity index (χ2v) is 9.46. The van der Waals surface area contributed by atoms with Gasteiger partial charge in [0, 0.05) is 10.7 Å². The largest absolute Gasteiger partial charge is 0.494 e. The van der Waals surface area contributed by atoms with Crippen molar-refractivity contribution in [1.82, 2.24) is 0 Å². The van der Waals surface area contributed by atoms with Crippen molar-refractivity contribution in [3.05, 3.63) is 83.4 Å². The number of carbonyl (C=O) groups is 1. The molecule has 0 saturated heterocycles. The molecule has 0 aromatic heterocycles. The van der Waals surface area contributed by atoms with Gasteiger partial charge < -0.3 is 14.8 Å². The second-order valence-electron chi connectivity index (χ2n) is 7.15. The van der Waals surface area contributed by atoms with Crippen LogP contribution in [0.25, 0.3) is 0 Å². The van der Waals surface area contributed by atoms with Crippen LogP contribution in [0.5, 0.6) is 11.5 Å². The summed E-state index contributed by atoms with van der Waals surface area (Å²) in [6, 6.07) is 20.6. The first kappa shape index (κ1) is 24.4. The van der Waals surface area contributed by atoms with Crippen molar-refractivity contribution in [2.45, 2.75) is 13.5 Å². The number of rotatable bonds is 10. The van der Waals surface area contributed by atoms with Gasteiger partial charge in [0.2, 0.25) is 10.0 Å². The summed E-state index contributed by atoms with van der Waals surface area (Å²) in [4.78, 5) is 12.2. The van der Waals surface area contributed by atoms with Gasteiger partial charge in [0.1, 0.15) is 11.5 Å². The summed E-state index contributed by atoms with van der Waals surface area (Å²) in [5.41, 5.74) is 1.78. The fraction of sp³-hybridized carbons (Fsp3) is 0.208. The maximum Gasteiger partial charge on any atom is 0.262 e. The maximum absolute atomic E-state index is 12.4. The van der Waals surface area contributed by atoms with Gasteiger partial charge in [0.05, 0.1) is 25.1 Å². The molecule has 9 heteroatoms. The van der Waals surface area contributed by atoms with Crippen molar-refractivity contribution in [1.29, 1.82) is 0 Å². The van der Waals surface area contributed by atoms with E-state index in [1.807, 2.05) is 6.92 Å². The fourth-order valence-electron chi connectivity index (χ4n) is 3.04. The summed E-state index contributed by atoms with van der Waals surface area (Å²) in [6.45, 7) is 2.38. The number of benzene rings is 3. The number of hydrogen-bond donors (Lipinski definition) is 1. The summed E-state index contributed by atoms with van der Waals surface area (Å²) < 4.78 is 36.9. The molecule has 0 aliphatic heterocycles. The zero-order valence-corrected chi connectivity index (χ0v) is 19.9. The third kappa shape index (κ3) is 7.13. The third-order valence-electron chi connectivity index (χ3n) is 4.62. The average molecular weight is 489 g/mol. The van der Waals surface area contributed by atoms with Gasteiger partial charge in [0.25, 0.3) is 5.91 Å². The maximum atomic E-state index is 12.4. The number of amides is 1. The quantitative estimate of drug-likeness (QED) is 0.446. The van der Waals surface area contributed by atoms with Crippen LogP contribution in [0.4, 0.5) is 11.4 Å². The zero-order valence-electron chi connectivity index (χ0n) is 18.3. The lowest BCUT2D eigenvalue weighted by molar-refractivity contribution is -0.118. The van der Waals surface area contributed by atoms with E-state index in [4.69, 9.17) is 21.1 Å². The second kappa shape index (κ2) is 11.1. The molecule has 0 fully saturated rings. The highest BCUT2D eigenvalue weighted by Gasteiger charge is 2.19. The van der Waals surface area contributed by atoms with E-state index in [-0.39, 0.29) is 19.1 Å². The van der Waals surface area contributed by atoms with Gasteiger partial charge in [-0.05, 0) is 67.1 Å². The summed E-state index contributed by atoms with van der Waals surface area (Å²) in [5, 5.41) is 3.23. The number of halogens is 1. The smallest absolute Gasteiger partial charge is 0.262 e. The number of nitrogens with zero attached hydrogens (tertiary/aromatic N) is 1. The van der Waals surface area contributed by atoms with Crippen molar-refractivity contribution in [3.8, 4) is 11.5 Å². The molecule has 3 aromatic rings. The van der Waals surface area contributed by atoms with Crippen molar-refractivity contribution in [2.24, 2.45) is 0 Å². The molecule has 3 aromatic carbocycles. The molecule has 33 heavy (non-hydrogen) atoms. The van der Waals surface area contributed by atoms with Gasteiger partial charge in [0.15, 0.2) is 6.61 Å². The fourth-order valence-corrected chi connectivity index (χ4v) is 4.11. The van der Waals surface area contributed by atoms with Gasteiger partial charge in [-0.2, -0.15) is 0 Å². The monoisotopic (exact) mass is 488 g/mol. The first-order chi connectivity index (χ1) is 15.8. The highest BCUT2D eigenvalue weighted by molar-refractivity contribution is 7.92. The Morgan fingerprint density at radius 2 is 1.55 bits per heavy atom. The van der Waals surface area contributed by atoms with Gasteiger partial charge in [-0.25, -0.2) is 8.42 Å².